The van der Waals surface area contributed by atoms with Gasteiger partial charge in [-0.05, 0) is 45.6 Å². The molecule has 0 radical (unpaired) electrons. The van der Waals surface area contributed by atoms with Crippen LogP contribution in [-0.4, -0.2) is 40.8 Å². The summed E-state index contributed by atoms with van der Waals surface area (Å²) in [6, 6.07) is 10.1. The zero-order valence-corrected chi connectivity index (χ0v) is 14.2. The molecular weight excluding hydrogens is 294 g/mol. The molecule has 1 amide bonds. The Bertz CT molecular complexity index is 493. The zero-order chi connectivity index (χ0) is 17.3. The summed E-state index contributed by atoms with van der Waals surface area (Å²) in [5.74, 6) is -0.849. The molecule has 23 heavy (non-hydrogen) atoms. The van der Waals surface area contributed by atoms with E-state index in [1.165, 1.54) is 5.56 Å². The lowest BCUT2D eigenvalue weighted by atomic mass is 10.1. The van der Waals surface area contributed by atoms with E-state index in [1.807, 2.05) is 39.0 Å². The van der Waals surface area contributed by atoms with E-state index in [4.69, 9.17) is 9.84 Å². The lowest BCUT2D eigenvalue weighted by Gasteiger charge is -2.27. The quantitative estimate of drug-likeness (QED) is 0.792. The van der Waals surface area contributed by atoms with Crippen molar-refractivity contribution in [1.82, 2.24) is 4.90 Å². The summed E-state index contributed by atoms with van der Waals surface area (Å²) in [6.07, 6.45) is 1.80. The molecule has 1 rings (SSSR count). The van der Waals surface area contributed by atoms with Gasteiger partial charge < -0.3 is 14.7 Å². The highest BCUT2D eigenvalue weighted by molar-refractivity contribution is 5.68. The fourth-order valence-corrected chi connectivity index (χ4v) is 2.16. The Morgan fingerprint density at radius 2 is 1.70 bits per heavy atom. The van der Waals surface area contributed by atoms with Crippen molar-refractivity contribution in [2.75, 3.05) is 13.1 Å². The number of aryl methyl sites for hydroxylation is 1. The standard InChI is InChI=1S/C18H27NO4/c1-18(2,3)23-17(22)19(14-8-12-16(20)21)13-7-11-15-9-5-4-6-10-15/h4-6,9-10H,7-8,11-14H2,1-3H3,(H,20,21). The Hall–Kier alpha value is -2.04. The van der Waals surface area contributed by atoms with Crippen LogP contribution in [0.25, 0.3) is 0 Å². The maximum absolute atomic E-state index is 12.2. The molecule has 0 bridgehead atoms. The number of ether oxygens (including phenoxy) is 1. The van der Waals surface area contributed by atoms with Gasteiger partial charge in [0.05, 0.1) is 0 Å². The van der Waals surface area contributed by atoms with Crippen LogP contribution < -0.4 is 0 Å². The normalized spacial score (nSPS) is 11.1. The lowest BCUT2D eigenvalue weighted by Crippen LogP contribution is -2.38. The van der Waals surface area contributed by atoms with Crippen LogP contribution in [0.1, 0.15) is 45.6 Å². The second kappa shape index (κ2) is 9.18. The molecule has 1 N–H and O–H groups in total. The van der Waals surface area contributed by atoms with E-state index in [9.17, 15) is 9.59 Å². The van der Waals surface area contributed by atoms with E-state index in [1.54, 1.807) is 4.90 Å². The molecule has 0 aliphatic carbocycles. The molecule has 0 aromatic heterocycles. The SMILES string of the molecule is CC(C)(C)OC(=O)N(CCCC(=O)O)CCCc1ccccc1. The van der Waals surface area contributed by atoms with Crippen LogP contribution in [0.15, 0.2) is 30.3 Å². The van der Waals surface area contributed by atoms with Crippen LogP contribution in [0.4, 0.5) is 4.79 Å². The number of carbonyl (C=O) groups excluding carboxylic acids is 1. The Labute approximate surface area is 138 Å². The molecule has 0 saturated heterocycles. The van der Waals surface area contributed by atoms with Crippen LogP contribution >= 0.6 is 0 Å². The fraction of sp³-hybridized carbons (Fsp3) is 0.556. The van der Waals surface area contributed by atoms with E-state index in [2.05, 4.69) is 12.1 Å². The Kier molecular flexibility index (Phi) is 7.59. The van der Waals surface area contributed by atoms with Gasteiger partial charge in [0.25, 0.3) is 0 Å². The number of hydrogen-bond donors (Lipinski definition) is 1. The van der Waals surface area contributed by atoms with Crippen molar-refractivity contribution in [3.8, 4) is 0 Å². The van der Waals surface area contributed by atoms with Gasteiger partial charge in [-0.3, -0.25) is 4.79 Å². The summed E-state index contributed by atoms with van der Waals surface area (Å²) in [6.45, 7) is 6.43. The molecule has 0 heterocycles. The summed E-state index contributed by atoms with van der Waals surface area (Å²) < 4.78 is 5.40. The predicted molar refractivity (Wildman–Crippen MR) is 89.4 cm³/mol. The van der Waals surface area contributed by atoms with E-state index in [0.29, 0.717) is 19.5 Å². The highest BCUT2D eigenvalue weighted by atomic mass is 16.6. The number of benzene rings is 1. The van der Waals surface area contributed by atoms with Gasteiger partial charge in [0, 0.05) is 19.5 Å². The maximum Gasteiger partial charge on any atom is 0.410 e. The van der Waals surface area contributed by atoms with Gasteiger partial charge in [0.1, 0.15) is 5.60 Å². The number of hydrogen-bond acceptors (Lipinski definition) is 3. The minimum absolute atomic E-state index is 0.0536. The van der Waals surface area contributed by atoms with E-state index in [0.717, 1.165) is 12.8 Å². The van der Waals surface area contributed by atoms with E-state index < -0.39 is 11.6 Å². The number of aliphatic carboxylic acids is 1. The van der Waals surface area contributed by atoms with Crippen molar-refractivity contribution >= 4 is 12.1 Å². The first-order valence-corrected chi connectivity index (χ1v) is 8.01. The molecule has 0 fully saturated rings. The van der Waals surface area contributed by atoms with Crippen molar-refractivity contribution in [3.63, 3.8) is 0 Å². The summed E-state index contributed by atoms with van der Waals surface area (Å²) in [5, 5.41) is 8.74. The lowest BCUT2D eigenvalue weighted by molar-refractivity contribution is -0.137. The molecule has 0 saturated carbocycles. The topological polar surface area (TPSA) is 66.8 Å². The molecule has 0 spiro atoms. The van der Waals surface area contributed by atoms with Crippen molar-refractivity contribution in [1.29, 1.82) is 0 Å². The van der Waals surface area contributed by atoms with Crippen LogP contribution in [-0.2, 0) is 16.0 Å². The number of carbonyl (C=O) groups is 2. The second-order valence-corrected chi connectivity index (χ2v) is 6.55. The average Bonchev–Trinajstić information content (AvgIpc) is 2.44. The third-order valence-corrected chi connectivity index (χ3v) is 3.21. The monoisotopic (exact) mass is 321 g/mol. The molecule has 0 aliphatic rings. The van der Waals surface area contributed by atoms with Crippen LogP contribution in [0.3, 0.4) is 0 Å². The van der Waals surface area contributed by atoms with Crippen molar-refractivity contribution in [3.05, 3.63) is 35.9 Å². The number of amides is 1. The Morgan fingerprint density at radius 1 is 1.09 bits per heavy atom. The molecule has 0 aliphatic heterocycles. The van der Waals surface area contributed by atoms with E-state index in [-0.39, 0.29) is 12.5 Å². The van der Waals surface area contributed by atoms with E-state index >= 15 is 0 Å². The minimum atomic E-state index is -0.849. The van der Waals surface area contributed by atoms with Gasteiger partial charge in [-0.2, -0.15) is 0 Å². The van der Waals surface area contributed by atoms with Gasteiger partial charge in [-0.1, -0.05) is 30.3 Å². The highest BCUT2D eigenvalue weighted by Crippen LogP contribution is 2.12. The third kappa shape index (κ3) is 8.86. The molecule has 0 atom stereocenters. The average molecular weight is 321 g/mol. The summed E-state index contributed by atoms with van der Waals surface area (Å²) in [5.41, 5.74) is 0.670. The number of rotatable bonds is 8. The summed E-state index contributed by atoms with van der Waals surface area (Å²) >= 11 is 0. The number of carboxylic acid groups (broad SMARTS) is 1. The van der Waals surface area contributed by atoms with Gasteiger partial charge in [-0.25, -0.2) is 4.79 Å². The smallest absolute Gasteiger partial charge is 0.410 e. The molecule has 128 valence electrons. The molecule has 5 heteroatoms. The molecule has 0 unspecified atom stereocenters. The molecule has 5 nitrogen and oxygen atoms in total. The first-order chi connectivity index (χ1) is 10.8. The minimum Gasteiger partial charge on any atom is -0.481 e. The fourth-order valence-electron chi connectivity index (χ4n) is 2.16. The summed E-state index contributed by atoms with van der Waals surface area (Å²) in [4.78, 5) is 24.5. The van der Waals surface area contributed by atoms with Crippen molar-refractivity contribution in [2.24, 2.45) is 0 Å². The van der Waals surface area contributed by atoms with Gasteiger partial charge in [0.2, 0.25) is 0 Å². The maximum atomic E-state index is 12.2. The van der Waals surface area contributed by atoms with Gasteiger partial charge >= 0.3 is 12.1 Å². The first kappa shape index (κ1) is 19.0. The number of carboxylic acids is 1. The highest BCUT2D eigenvalue weighted by Gasteiger charge is 2.21. The third-order valence-electron chi connectivity index (χ3n) is 3.21. The summed E-state index contributed by atoms with van der Waals surface area (Å²) in [7, 11) is 0. The van der Waals surface area contributed by atoms with Crippen LogP contribution in [0.2, 0.25) is 0 Å². The van der Waals surface area contributed by atoms with Gasteiger partial charge in [0.15, 0.2) is 0 Å². The largest absolute Gasteiger partial charge is 0.481 e. The molecule has 1 aromatic rings. The van der Waals surface area contributed by atoms with Crippen molar-refractivity contribution < 1.29 is 19.4 Å². The molecular formula is C18H27NO4. The predicted octanol–water partition coefficient (Wildman–Crippen LogP) is 3.72. The zero-order valence-electron chi connectivity index (χ0n) is 14.2. The number of nitrogens with zero attached hydrogens (tertiary/aromatic N) is 1. The Balaban J connectivity index is 2.52. The van der Waals surface area contributed by atoms with Crippen LogP contribution in [0.5, 0.6) is 0 Å². The van der Waals surface area contributed by atoms with Crippen molar-refractivity contribution in [2.45, 2.75) is 52.1 Å². The Morgan fingerprint density at radius 3 is 2.26 bits per heavy atom. The van der Waals surface area contributed by atoms with Gasteiger partial charge in [-0.15, -0.1) is 0 Å². The second-order valence-electron chi connectivity index (χ2n) is 6.55. The molecule has 1 aromatic carbocycles. The van der Waals surface area contributed by atoms with Crippen LogP contribution in [0, 0.1) is 0 Å². The first-order valence-electron chi connectivity index (χ1n) is 8.01.